The number of rotatable bonds is 6. The normalized spacial score (nSPS) is 17.1. The maximum absolute atomic E-state index is 12.3. The number of hydrogen-bond donors (Lipinski definition) is 2. The van der Waals surface area contributed by atoms with Crippen LogP contribution >= 0.6 is 0 Å². The SMILES string of the molecule is COC1CCN(c2ccc(C(=O)NCc3ccc(S(N)(=O)=O)cc3)cc2)C1. The number of nitrogens with one attached hydrogen (secondary N) is 1. The van der Waals surface area contributed by atoms with Crippen molar-refractivity contribution in [1.29, 1.82) is 0 Å². The van der Waals surface area contributed by atoms with Crippen LogP contribution in [0.2, 0.25) is 0 Å². The number of amides is 1. The molecule has 8 heteroatoms. The van der Waals surface area contributed by atoms with Crippen LogP contribution in [-0.4, -0.2) is 40.6 Å². The maximum atomic E-state index is 12.3. The number of benzene rings is 2. The second kappa shape index (κ2) is 8.08. The van der Waals surface area contributed by atoms with Crippen LogP contribution in [0.25, 0.3) is 0 Å². The van der Waals surface area contributed by atoms with E-state index in [9.17, 15) is 13.2 Å². The van der Waals surface area contributed by atoms with Gasteiger partial charge in [0.1, 0.15) is 0 Å². The van der Waals surface area contributed by atoms with Gasteiger partial charge in [-0.05, 0) is 48.4 Å². The minimum atomic E-state index is -3.71. The first-order valence-corrected chi connectivity index (χ1v) is 10.2. The molecule has 3 N–H and O–H groups in total. The number of anilines is 1. The predicted octanol–water partition coefficient (Wildman–Crippen LogP) is 1.49. The Kier molecular flexibility index (Phi) is 5.79. The number of carbonyl (C=O) groups excluding carboxylic acids is 1. The Hall–Kier alpha value is -2.42. The van der Waals surface area contributed by atoms with Crippen molar-refractivity contribution in [3.63, 3.8) is 0 Å². The lowest BCUT2D eigenvalue weighted by Gasteiger charge is -2.18. The Bertz CT molecular complexity index is 896. The number of methoxy groups -OCH3 is 1. The van der Waals surface area contributed by atoms with E-state index < -0.39 is 10.0 Å². The van der Waals surface area contributed by atoms with E-state index >= 15 is 0 Å². The van der Waals surface area contributed by atoms with Crippen molar-refractivity contribution in [2.24, 2.45) is 5.14 Å². The first-order chi connectivity index (χ1) is 12.9. The zero-order valence-electron chi connectivity index (χ0n) is 15.1. The van der Waals surface area contributed by atoms with Gasteiger partial charge in [0, 0.05) is 38.0 Å². The average Bonchev–Trinajstić information content (AvgIpc) is 3.15. The molecular weight excluding hydrogens is 366 g/mol. The van der Waals surface area contributed by atoms with E-state index in [1.165, 1.54) is 12.1 Å². The van der Waals surface area contributed by atoms with Crippen LogP contribution in [0.15, 0.2) is 53.4 Å². The standard InChI is InChI=1S/C19H23N3O4S/c1-26-17-10-11-22(13-17)16-6-4-15(5-7-16)19(23)21-12-14-2-8-18(9-3-14)27(20,24)25/h2-9,17H,10-13H2,1H3,(H,21,23)(H2,20,24,25). The smallest absolute Gasteiger partial charge is 0.251 e. The quantitative estimate of drug-likeness (QED) is 0.779. The molecular formula is C19H23N3O4S. The summed E-state index contributed by atoms with van der Waals surface area (Å²) in [6.45, 7) is 2.10. The fraction of sp³-hybridized carbons (Fsp3) is 0.316. The minimum Gasteiger partial charge on any atom is -0.380 e. The number of nitrogens with two attached hydrogens (primary N) is 1. The monoisotopic (exact) mass is 389 g/mol. The lowest BCUT2D eigenvalue weighted by Crippen LogP contribution is -2.24. The van der Waals surface area contributed by atoms with E-state index in [2.05, 4.69) is 10.2 Å². The molecule has 2 aromatic rings. The molecule has 0 saturated carbocycles. The molecule has 7 nitrogen and oxygen atoms in total. The fourth-order valence-electron chi connectivity index (χ4n) is 3.06. The van der Waals surface area contributed by atoms with Crippen molar-refractivity contribution < 1.29 is 17.9 Å². The second-order valence-corrected chi connectivity index (χ2v) is 8.07. The molecule has 1 amide bonds. The van der Waals surface area contributed by atoms with Gasteiger partial charge in [-0.3, -0.25) is 4.79 Å². The molecule has 144 valence electrons. The number of ether oxygens (including phenoxy) is 1. The number of hydrogen-bond acceptors (Lipinski definition) is 5. The van der Waals surface area contributed by atoms with Crippen LogP contribution in [0.1, 0.15) is 22.3 Å². The lowest BCUT2D eigenvalue weighted by atomic mass is 10.1. The summed E-state index contributed by atoms with van der Waals surface area (Å²) >= 11 is 0. The third kappa shape index (κ3) is 4.85. The summed E-state index contributed by atoms with van der Waals surface area (Å²) in [5.74, 6) is -0.187. The van der Waals surface area contributed by atoms with Gasteiger partial charge in [0.05, 0.1) is 11.0 Å². The zero-order chi connectivity index (χ0) is 19.4. The van der Waals surface area contributed by atoms with E-state index in [0.717, 1.165) is 30.8 Å². The molecule has 0 bridgehead atoms. The Labute approximate surface area is 159 Å². The molecule has 1 heterocycles. The molecule has 1 atom stereocenters. The summed E-state index contributed by atoms with van der Waals surface area (Å²) < 4.78 is 27.9. The van der Waals surface area contributed by atoms with Crippen LogP contribution in [0.5, 0.6) is 0 Å². The van der Waals surface area contributed by atoms with Gasteiger partial charge in [0.2, 0.25) is 10.0 Å². The average molecular weight is 389 g/mol. The van der Waals surface area contributed by atoms with Gasteiger partial charge in [-0.25, -0.2) is 13.6 Å². The van der Waals surface area contributed by atoms with Crippen LogP contribution in [0.4, 0.5) is 5.69 Å². The highest BCUT2D eigenvalue weighted by molar-refractivity contribution is 7.89. The third-order valence-electron chi connectivity index (χ3n) is 4.68. The van der Waals surface area contributed by atoms with Crippen LogP contribution in [-0.2, 0) is 21.3 Å². The van der Waals surface area contributed by atoms with Crippen molar-refractivity contribution in [2.75, 3.05) is 25.1 Å². The topological polar surface area (TPSA) is 102 Å². The lowest BCUT2D eigenvalue weighted by molar-refractivity contribution is 0.0951. The highest BCUT2D eigenvalue weighted by Gasteiger charge is 2.22. The molecule has 1 unspecified atom stereocenters. The van der Waals surface area contributed by atoms with Crippen molar-refractivity contribution in [3.05, 3.63) is 59.7 Å². The highest BCUT2D eigenvalue weighted by Crippen LogP contribution is 2.22. The number of primary sulfonamides is 1. The summed E-state index contributed by atoms with van der Waals surface area (Å²) in [6.07, 6.45) is 1.26. The van der Waals surface area contributed by atoms with E-state index in [-0.39, 0.29) is 16.9 Å². The third-order valence-corrected chi connectivity index (χ3v) is 5.61. The minimum absolute atomic E-state index is 0.0470. The summed E-state index contributed by atoms with van der Waals surface area (Å²) in [7, 11) is -1.98. The molecule has 1 aliphatic heterocycles. The van der Waals surface area contributed by atoms with Gasteiger partial charge in [-0.1, -0.05) is 12.1 Å². The molecule has 0 radical (unpaired) electrons. The van der Waals surface area contributed by atoms with E-state index in [1.54, 1.807) is 31.4 Å². The van der Waals surface area contributed by atoms with Crippen LogP contribution in [0, 0.1) is 0 Å². The Morgan fingerprint density at radius 3 is 2.41 bits per heavy atom. The van der Waals surface area contributed by atoms with Gasteiger partial charge >= 0.3 is 0 Å². The fourth-order valence-corrected chi connectivity index (χ4v) is 3.58. The Morgan fingerprint density at radius 1 is 1.19 bits per heavy atom. The van der Waals surface area contributed by atoms with Gasteiger partial charge in [-0.15, -0.1) is 0 Å². The molecule has 0 spiro atoms. The van der Waals surface area contributed by atoms with Gasteiger partial charge in [0.25, 0.3) is 5.91 Å². The second-order valence-electron chi connectivity index (χ2n) is 6.51. The maximum Gasteiger partial charge on any atom is 0.251 e. The highest BCUT2D eigenvalue weighted by atomic mass is 32.2. The Balaban J connectivity index is 1.57. The molecule has 1 aliphatic rings. The largest absolute Gasteiger partial charge is 0.380 e. The molecule has 27 heavy (non-hydrogen) atoms. The molecule has 0 aromatic heterocycles. The first-order valence-electron chi connectivity index (χ1n) is 8.64. The van der Waals surface area contributed by atoms with Crippen molar-refractivity contribution in [2.45, 2.75) is 24.0 Å². The zero-order valence-corrected chi connectivity index (χ0v) is 15.9. The number of sulfonamides is 1. The van der Waals surface area contributed by atoms with Crippen LogP contribution in [0.3, 0.4) is 0 Å². The van der Waals surface area contributed by atoms with Crippen LogP contribution < -0.4 is 15.4 Å². The molecule has 3 rings (SSSR count). The molecule has 2 aromatic carbocycles. The predicted molar refractivity (Wildman–Crippen MR) is 103 cm³/mol. The van der Waals surface area contributed by atoms with Crippen molar-refractivity contribution in [3.8, 4) is 0 Å². The van der Waals surface area contributed by atoms with E-state index in [1.807, 2.05) is 12.1 Å². The Morgan fingerprint density at radius 2 is 1.85 bits per heavy atom. The van der Waals surface area contributed by atoms with E-state index in [4.69, 9.17) is 9.88 Å². The van der Waals surface area contributed by atoms with Gasteiger partial charge < -0.3 is 15.0 Å². The summed E-state index contributed by atoms with van der Waals surface area (Å²) in [5, 5.41) is 7.90. The number of carbonyl (C=O) groups is 1. The van der Waals surface area contributed by atoms with Gasteiger partial charge in [-0.2, -0.15) is 0 Å². The molecule has 1 fully saturated rings. The first kappa shape index (κ1) is 19.3. The summed E-state index contributed by atoms with van der Waals surface area (Å²) in [6, 6.07) is 13.6. The number of nitrogens with zero attached hydrogens (tertiary/aromatic N) is 1. The van der Waals surface area contributed by atoms with E-state index in [0.29, 0.717) is 12.1 Å². The van der Waals surface area contributed by atoms with Crippen molar-refractivity contribution in [1.82, 2.24) is 5.32 Å². The summed E-state index contributed by atoms with van der Waals surface area (Å²) in [4.78, 5) is 14.6. The molecule has 0 aliphatic carbocycles. The van der Waals surface area contributed by atoms with Gasteiger partial charge in [0.15, 0.2) is 0 Å². The van der Waals surface area contributed by atoms with Crippen molar-refractivity contribution >= 4 is 21.6 Å². The molecule has 1 saturated heterocycles. The summed E-state index contributed by atoms with van der Waals surface area (Å²) in [5.41, 5.74) is 2.43.